The number of amides is 4. The standard InChI is InChI=1S/C57H62F2N8O7/c1-2-38-43(58)7-5-35-24-37(68)26-41(46(35)38)48-47(59)49-42(29-60-48)50(66-18-3-12-57(31-66)17-23-74-57)63-54(62-49)73-32-56(13-14-56)30-64-21-15-55(16-22-64)27-36(28-55)65-19-10-33(11-20-65)34-4-6-39-40(25-34)53(72)67(52(39)71)44-8-9-45(69)61-51(44)70/h4-7,24-26,29,33,36,44,68H,2-3,8-23,27-28,30-32H2,1H3,(H,61,69,70). The summed E-state index contributed by atoms with van der Waals surface area (Å²) in [5, 5.41) is 14.6. The molecule has 2 aliphatic carbocycles. The Bertz CT molecular complexity index is 3160. The smallest absolute Gasteiger partial charge is 0.319 e. The molecule has 5 saturated heterocycles. The van der Waals surface area contributed by atoms with E-state index in [-0.39, 0.29) is 58.7 Å². The molecule has 8 aliphatic rings. The van der Waals surface area contributed by atoms with Gasteiger partial charge in [-0.3, -0.25) is 34.4 Å². The molecule has 2 N–H and O–H groups in total. The minimum atomic E-state index is -0.970. The molecule has 74 heavy (non-hydrogen) atoms. The maximum atomic E-state index is 17.3. The Kier molecular flexibility index (Phi) is 11.6. The second kappa shape index (κ2) is 18.0. The minimum absolute atomic E-state index is 0.0228. The number of nitrogens with one attached hydrogen (secondary N) is 1. The van der Waals surface area contributed by atoms with Crippen LogP contribution in [0, 0.1) is 22.5 Å². The van der Waals surface area contributed by atoms with E-state index in [4.69, 9.17) is 19.4 Å². The van der Waals surface area contributed by atoms with E-state index < -0.39 is 35.4 Å². The average Bonchev–Trinajstić information content (AvgIpc) is 4.12. The van der Waals surface area contributed by atoms with Gasteiger partial charge in [0.05, 0.1) is 35.3 Å². The lowest BCUT2D eigenvalue weighted by Crippen LogP contribution is -2.56. The van der Waals surface area contributed by atoms with Crippen molar-refractivity contribution in [2.75, 3.05) is 63.9 Å². The number of ether oxygens (including phenoxy) is 2. The van der Waals surface area contributed by atoms with E-state index in [0.29, 0.717) is 75.3 Å². The van der Waals surface area contributed by atoms with E-state index in [0.717, 1.165) is 101 Å². The van der Waals surface area contributed by atoms with E-state index in [2.05, 4.69) is 25.0 Å². The third kappa shape index (κ3) is 8.19. The van der Waals surface area contributed by atoms with Crippen LogP contribution in [0.25, 0.3) is 32.9 Å². The molecule has 2 unspecified atom stereocenters. The predicted octanol–water partition coefficient (Wildman–Crippen LogP) is 7.83. The second-order valence-electron chi connectivity index (χ2n) is 23.0. The van der Waals surface area contributed by atoms with Crippen molar-refractivity contribution in [1.29, 1.82) is 0 Å². The van der Waals surface area contributed by atoms with Crippen LogP contribution >= 0.6 is 0 Å². The van der Waals surface area contributed by atoms with Crippen molar-refractivity contribution in [1.82, 2.24) is 35.0 Å². The van der Waals surface area contributed by atoms with Crippen LogP contribution in [0.15, 0.2) is 48.7 Å². The molecule has 386 valence electrons. The van der Waals surface area contributed by atoms with Crippen LogP contribution in [0.3, 0.4) is 0 Å². The molecule has 2 saturated carbocycles. The van der Waals surface area contributed by atoms with E-state index in [1.54, 1.807) is 24.4 Å². The van der Waals surface area contributed by atoms with E-state index >= 15 is 8.78 Å². The summed E-state index contributed by atoms with van der Waals surface area (Å²) in [6.45, 7) is 9.32. The number of anilines is 1. The number of aromatic hydroxyl groups is 1. The molecule has 2 spiro atoms. The van der Waals surface area contributed by atoms with E-state index in [1.165, 1.54) is 37.8 Å². The number of phenolic OH excluding ortho intramolecular Hbond substituents is 1. The molecule has 2 aromatic heterocycles. The highest BCUT2D eigenvalue weighted by atomic mass is 19.1. The zero-order valence-corrected chi connectivity index (χ0v) is 41.9. The van der Waals surface area contributed by atoms with Crippen molar-refractivity contribution >= 4 is 51.1 Å². The molecule has 4 amide bonds. The molecule has 3 aromatic carbocycles. The van der Waals surface area contributed by atoms with Gasteiger partial charge in [-0.05, 0) is 167 Å². The van der Waals surface area contributed by atoms with Gasteiger partial charge in [-0.25, -0.2) is 8.78 Å². The Morgan fingerprint density at radius 2 is 1.65 bits per heavy atom. The van der Waals surface area contributed by atoms with Crippen LogP contribution in [0.4, 0.5) is 14.6 Å². The van der Waals surface area contributed by atoms with Crippen LogP contribution in [-0.4, -0.2) is 135 Å². The third-order valence-corrected chi connectivity index (χ3v) is 18.5. The van der Waals surface area contributed by atoms with Crippen molar-refractivity contribution in [3.8, 4) is 23.0 Å². The summed E-state index contributed by atoms with van der Waals surface area (Å²) in [7, 11) is 0. The molecule has 7 fully saturated rings. The lowest BCUT2D eigenvalue weighted by molar-refractivity contribution is -0.151. The van der Waals surface area contributed by atoms with Crippen LogP contribution in [0.2, 0.25) is 0 Å². The minimum Gasteiger partial charge on any atom is -0.508 e. The van der Waals surface area contributed by atoms with E-state index in [1.807, 2.05) is 19.1 Å². The summed E-state index contributed by atoms with van der Waals surface area (Å²) in [6.07, 6.45) is 13.8. The Morgan fingerprint density at radius 1 is 0.865 bits per heavy atom. The Balaban J connectivity index is 0.648. The SMILES string of the molecule is CCc1c(F)ccc2cc(O)cc(-c3ncc4c(N5CCCC6(CCO6)C5)nc(OCC5(CN6CCC7(CC6)CC(N6CCC(c8ccc9c(c8)C(=O)N(C8CCC(=O)NC8=O)C9=O)CC6)C7)CC5)nc4c3F)c12. The van der Waals surface area contributed by atoms with Gasteiger partial charge in [-0.2, -0.15) is 9.97 Å². The van der Waals surface area contributed by atoms with Crippen molar-refractivity contribution in [3.63, 3.8) is 0 Å². The number of carbonyl (C=O) groups excluding carboxylic acids is 4. The van der Waals surface area contributed by atoms with Gasteiger partial charge in [0.15, 0.2) is 5.82 Å². The molecule has 17 heteroatoms. The summed E-state index contributed by atoms with van der Waals surface area (Å²) < 4.78 is 45.2. The fourth-order valence-corrected chi connectivity index (χ4v) is 13.9. The number of aromatic nitrogens is 3. The van der Waals surface area contributed by atoms with Gasteiger partial charge >= 0.3 is 6.01 Å². The summed E-state index contributed by atoms with van der Waals surface area (Å²) >= 11 is 0. The highest BCUT2D eigenvalue weighted by Gasteiger charge is 2.51. The summed E-state index contributed by atoms with van der Waals surface area (Å²) in [6, 6.07) is 11.3. The number of hydrogen-bond donors (Lipinski definition) is 2. The van der Waals surface area contributed by atoms with Crippen molar-refractivity contribution in [3.05, 3.63) is 82.5 Å². The van der Waals surface area contributed by atoms with Gasteiger partial charge in [0.2, 0.25) is 11.8 Å². The lowest BCUT2D eigenvalue weighted by Gasteiger charge is -2.56. The van der Waals surface area contributed by atoms with Gasteiger partial charge in [0.25, 0.3) is 11.8 Å². The number of nitrogens with zero attached hydrogens (tertiary/aromatic N) is 7. The Labute approximate surface area is 428 Å². The van der Waals surface area contributed by atoms with Gasteiger partial charge in [0.1, 0.15) is 34.6 Å². The fraction of sp³-hybridized carbons (Fsp3) is 0.526. The largest absolute Gasteiger partial charge is 0.508 e. The molecule has 15 nitrogen and oxygen atoms in total. The third-order valence-electron chi connectivity index (χ3n) is 18.5. The van der Waals surface area contributed by atoms with Crippen LogP contribution in [0.1, 0.15) is 128 Å². The highest BCUT2D eigenvalue weighted by molar-refractivity contribution is 6.23. The number of carbonyl (C=O) groups is 4. The molecular formula is C57H62F2N8O7. The topological polar surface area (TPSA) is 171 Å². The number of fused-ring (bicyclic) bond motifs is 3. The maximum absolute atomic E-state index is 17.3. The molecular weight excluding hydrogens is 947 g/mol. The van der Waals surface area contributed by atoms with Gasteiger partial charge in [0, 0.05) is 55.7 Å². The number of piperidine rings is 4. The average molecular weight is 1010 g/mol. The molecule has 2 atom stereocenters. The van der Waals surface area contributed by atoms with Gasteiger partial charge in [-0.1, -0.05) is 19.1 Å². The molecule has 8 heterocycles. The normalized spacial score (nSPS) is 25.2. The number of benzene rings is 3. The summed E-state index contributed by atoms with van der Waals surface area (Å²) in [5.74, 6) is -2.22. The number of hydrogen-bond acceptors (Lipinski definition) is 13. The quantitative estimate of drug-likeness (QED) is 0.123. The number of phenols is 1. The summed E-state index contributed by atoms with van der Waals surface area (Å²) in [4.78, 5) is 73.9. The number of likely N-dealkylation sites (tertiary alicyclic amines) is 2. The fourth-order valence-electron chi connectivity index (χ4n) is 13.9. The van der Waals surface area contributed by atoms with Crippen LogP contribution in [0.5, 0.6) is 11.8 Å². The van der Waals surface area contributed by atoms with Crippen molar-refractivity contribution < 1.29 is 42.5 Å². The zero-order chi connectivity index (χ0) is 50.7. The monoisotopic (exact) mass is 1010 g/mol. The van der Waals surface area contributed by atoms with Gasteiger partial charge in [-0.15, -0.1) is 0 Å². The molecule has 0 radical (unpaired) electrons. The first kappa shape index (κ1) is 47.5. The number of pyridine rings is 1. The number of rotatable bonds is 11. The highest BCUT2D eigenvalue weighted by Crippen LogP contribution is 2.54. The first-order valence-electron chi connectivity index (χ1n) is 26.9. The number of aryl methyl sites for hydroxylation is 1. The molecule has 0 bridgehead atoms. The molecule has 6 aliphatic heterocycles. The van der Waals surface area contributed by atoms with Gasteiger partial charge < -0.3 is 29.3 Å². The lowest BCUT2D eigenvalue weighted by atomic mass is 9.59. The zero-order valence-electron chi connectivity index (χ0n) is 41.9. The van der Waals surface area contributed by atoms with Crippen LogP contribution in [-0.2, 0) is 20.7 Å². The number of imide groups is 2. The second-order valence-corrected chi connectivity index (χ2v) is 23.0. The Morgan fingerprint density at radius 3 is 2.38 bits per heavy atom. The first-order valence-corrected chi connectivity index (χ1v) is 26.9. The van der Waals surface area contributed by atoms with Crippen molar-refractivity contribution in [2.45, 2.75) is 120 Å². The van der Waals surface area contributed by atoms with Crippen molar-refractivity contribution in [2.24, 2.45) is 10.8 Å². The summed E-state index contributed by atoms with van der Waals surface area (Å²) in [5.41, 5.74) is 2.58. The Hall–Kier alpha value is -6.17. The van der Waals surface area contributed by atoms with E-state index in [9.17, 15) is 24.3 Å². The first-order chi connectivity index (χ1) is 35.8. The maximum Gasteiger partial charge on any atom is 0.319 e. The number of halogens is 2. The van der Waals surface area contributed by atoms with Crippen LogP contribution < -0.4 is 15.0 Å². The molecule has 5 aromatic rings. The predicted molar refractivity (Wildman–Crippen MR) is 271 cm³/mol. The molecule has 13 rings (SSSR count).